The summed E-state index contributed by atoms with van der Waals surface area (Å²) < 4.78 is 5.77. The zero-order chi connectivity index (χ0) is 20.4. The maximum Gasteiger partial charge on any atom is 0.277 e. The van der Waals surface area contributed by atoms with E-state index in [1.54, 1.807) is 6.21 Å². The summed E-state index contributed by atoms with van der Waals surface area (Å²) in [6, 6.07) is 16.7. The Morgan fingerprint density at radius 2 is 1.93 bits per heavy atom. The van der Waals surface area contributed by atoms with Crippen LogP contribution in [0.4, 0.5) is 0 Å². The van der Waals surface area contributed by atoms with E-state index in [0.717, 1.165) is 35.3 Å². The molecule has 3 aromatic carbocycles. The number of amides is 1. The van der Waals surface area contributed by atoms with Gasteiger partial charge in [0.05, 0.1) is 6.21 Å². The minimum Gasteiger partial charge on any atom is -0.483 e. The number of carbonyl (C=O) groups is 1. The number of ether oxygens (including phenoxy) is 1. The lowest BCUT2D eigenvalue weighted by Crippen LogP contribution is -2.25. The molecule has 0 aromatic heterocycles. The highest BCUT2D eigenvalue weighted by Crippen LogP contribution is 2.32. The molecule has 148 valence electrons. The van der Waals surface area contributed by atoms with Crippen LogP contribution in [0.3, 0.4) is 0 Å². The van der Waals surface area contributed by atoms with Crippen molar-refractivity contribution in [2.24, 2.45) is 5.10 Å². The van der Waals surface area contributed by atoms with Crippen molar-refractivity contribution in [3.63, 3.8) is 0 Å². The number of hydrogen-bond donors (Lipinski definition) is 1. The fourth-order valence-corrected chi connectivity index (χ4v) is 3.97. The first-order valence-electron chi connectivity index (χ1n) is 10.1. The lowest BCUT2D eigenvalue weighted by Gasteiger charge is -2.14. The second-order valence-electron chi connectivity index (χ2n) is 7.93. The molecular formula is C25H26N2O2. The van der Waals surface area contributed by atoms with Crippen LogP contribution < -0.4 is 10.2 Å². The second kappa shape index (κ2) is 8.08. The Kier molecular flexibility index (Phi) is 5.34. The Balaban J connectivity index is 1.42. The fourth-order valence-electron chi connectivity index (χ4n) is 3.97. The molecule has 1 aliphatic carbocycles. The van der Waals surface area contributed by atoms with Crippen molar-refractivity contribution in [2.75, 3.05) is 6.61 Å². The number of carbonyl (C=O) groups excluding carboxylic acids is 1. The van der Waals surface area contributed by atoms with Crippen molar-refractivity contribution in [1.82, 2.24) is 5.43 Å². The SMILES string of the molecule is Cc1ccc(C(C)C)c(OCC(=O)N/N=C/c2ccc3c4c(cccc24)CC3)c1. The number of hydrogen-bond acceptors (Lipinski definition) is 3. The molecule has 0 atom stereocenters. The summed E-state index contributed by atoms with van der Waals surface area (Å²) in [5.74, 6) is 0.811. The minimum absolute atomic E-state index is 0.0651. The summed E-state index contributed by atoms with van der Waals surface area (Å²) in [4.78, 5) is 12.2. The predicted molar refractivity (Wildman–Crippen MR) is 118 cm³/mol. The van der Waals surface area contributed by atoms with Crippen molar-refractivity contribution in [1.29, 1.82) is 0 Å². The van der Waals surface area contributed by atoms with Gasteiger partial charge in [0, 0.05) is 5.56 Å². The summed E-state index contributed by atoms with van der Waals surface area (Å²) in [6.07, 6.45) is 3.91. The summed E-state index contributed by atoms with van der Waals surface area (Å²) in [7, 11) is 0. The van der Waals surface area contributed by atoms with Gasteiger partial charge in [0.1, 0.15) is 5.75 Å². The first kappa shape index (κ1) is 19.2. The van der Waals surface area contributed by atoms with Gasteiger partial charge in [-0.3, -0.25) is 4.79 Å². The van der Waals surface area contributed by atoms with Crippen LogP contribution in [0.25, 0.3) is 10.8 Å². The number of aryl methyl sites for hydroxylation is 3. The largest absolute Gasteiger partial charge is 0.483 e. The van der Waals surface area contributed by atoms with Crippen LogP contribution in [0.5, 0.6) is 5.75 Å². The standard InChI is InChI=1S/C25H26N2O2/c1-16(2)21-12-7-17(3)13-23(21)29-15-24(28)27-26-14-20-11-10-19-9-8-18-5-4-6-22(20)25(18)19/h4-7,10-14,16H,8-9,15H2,1-3H3,(H,27,28)/b26-14+. The zero-order valence-corrected chi connectivity index (χ0v) is 17.2. The average Bonchev–Trinajstić information content (AvgIpc) is 3.13. The molecule has 0 unspecified atom stereocenters. The number of nitrogens with one attached hydrogen (secondary N) is 1. The molecular weight excluding hydrogens is 360 g/mol. The van der Waals surface area contributed by atoms with Gasteiger partial charge >= 0.3 is 0 Å². The van der Waals surface area contributed by atoms with E-state index in [1.165, 1.54) is 21.9 Å². The Morgan fingerprint density at radius 1 is 1.14 bits per heavy atom. The van der Waals surface area contributed by atoms with Crippen molar-refractivity contribution >= 4 is 22.9 Å². The van der Waals surface area contributed by atoms with Crippen LogP contribution in [0.1, 0.15) is 47.6 Å². The van der Waals surface area contributed by atoms with E-state index in [-0.39, 0.29) is 12.5 Å². The third-order valence-corrected chi connectivity index (χ3v) is 5.45. The van der Waals surface area contributed by atoms with Gasteiger partial charge in [-0.1, -0.05) is 56.3 Å². The molecule has 0 saturated carbocycles. The Bertz CT molecular complexity index is 1090. The summed E-state index contributed by atoms with van der Waals surface area (Å²) in [5, 5.41) is 6.68. The van der Waals surface area contributed by atoms with Crippen LogP contribution in [0, 0.1) is 6.92 Å². The first-order chi connectivity index (χ1) is 14.0. The second-order valence-corrected chi connectivity index (χ2v) is 7.93. The Labute approximate surface area is 171 Å². The number of rotatable bonds is 6. The number of benzene rings is 3. The monoisotopic (exact) mass is 386 g/mol. The molecule has 4 heteroatoms. The van der Waals surface area contributed by atoms with Gasteiger partial charge in [0.25, 0.3) is 5.91 Å². The molecule has 29 heavy (non-hydrogen) atoms. The summed E-state index contributed by atoms with van der Waals surface area (Å²) >= 11 is 0. The highest BCUT2D eigenvalue weighted by Gasteiger charge is 2.15. The molecule has 0 heterocycles. The van der Waals surface area contributed by atoms with Crippen LogP contribution in [-0.2, 0) is 17.6 Å². The van der Waals surface area contributed by atoms with Crippen LogP contribution in [0.15, 0.2) is 53.6 Å². The fraction of sp³-hybridized carbons (Fsp3) is 0.280. The van der Waals surface area contributed by atoms with Gasteiger partial charge < -0.3 is 4.74 Å². The van der Waals surface area contributed by atoms with E-state index < -0.39 is 0 Å². The van der Waals surface area contributed by atoms with Gasteiger partial charge in [-0.05, 0) is 64.8 Å². The Morgan fingerprint density at radius 3 is 2.72 bits per heavy atom. The van der Waals surface area contributed by atoms with Crippen LogP contribution >= 0.6 is 0 Å². The van der Waals surface area contributed by atoms with Crippen molar-refractivity contribution in [2.45, 2.75) is 39.5 Å². The Hall–Kier alpha value is -3.14. The predicted octanol–water partition coefficient (Wildman–Crippen LogP) is 4.90. The summed E-state index contributed by atoms with van der Waals surface area (Å²) in [6.45, 7) is 6.17. The van der Waals surface area contributed by atoms with E-state index in [0.29, 0.717) is 5.92 Å². The van der Waals surface area contributed by atoms with E-state index in [4.69, 9.17) is 4.74 Å². The lowest BCUT2D eigenvalue weighted by molar-refractivity contribution is -0.123. The molecule has 4 nitrogen and oxygen atoms in total. The smallest absolute Gasteiger partial charge is 0.277 e. The van der Waals surface area contributed by atoms with Gasteiger partial charge in [-0.15, -0.1) is 0 Å². The molecule has 0 spiro atoms. The zero-order valence-electron chi connectivity index (χ0n) is 17.2. The highest BCUT2D eigenvalue weighted by molar-refractivity contribution is 6.03. The molecule has 3 aromatic rings. The van der Waals surface area contributed by atoms with Gasteiger partial charge in [0.15, 0.2) is 6.61 Å². The highest BCUT2D eigenvalue weighted by atomic mass is 16.5. The third kappa shape index (κ3) is 4.02. The third-order valence-electron chi connectivity index (χ3n) is 5.45. The van der Waals surface area contributed by atoms with E-state index >= 15 is 0 Å². The molecule has 0 bridgehead atoms. The molecule has 4 rings (SSSR count). The molecule has 0 fully saturated rings. The van der Waals surface area contributed by atoms with E-state index in [1.807, 2.05) is 13.0 Å². The normalized spacial score (nSPS) is 12.8. The number of nitrogens with zero attached hydrogens (tertiary/aromatic N) is 1. The van der Waals surface area contributed by atoms with Gasteiger partial charge in [-0.2, -0.15) is 5.10 Å². The van der Waals surface area contributed by atoms with Gasteiger partial charge in [-0.25, -0.2) is 5.43 Å². The molecule has 0 aliphatic heterocycles. The van der Waals surface area contributed by atoms with Crippen LogP contribution in [-0.4, -0.2) is 18.7 Å². The molecule has 1 amide bonds. The van der Waals surface area contributed by atoms with Crippen molar-refractivity contribution in [3.05, 3.63) is 76.3 Å². The average molecular weight is 386 g/mol. The van der Waals surface area contributed by atoms with E-state index in [2.05, 4.69) is 66.8 Å². The van der Waals surface area contributed by atoms with Crippen molar-refractivity contribution in [3.8, 4) is 5.75 Å². The molecule has 1 N–H and O–H groups in total. The quantitative estimate of drug-likeness (QED) is 0.484. The molecule has 0 saturated heterocycles. The number of hydrazone groups is 1. The van der Waals surface area contributed by atoms with Crippen LogP contribution in [0.2, 0.25) is 0 Å². The maximum atomic E-state index is 12.2. The molecule has 0 radical (unpaired) electrons. The molecule has 1 aliphatic rings. The topological polar surface area (TPSA) is 50.7 Å². The lowest BCUT2D eigenvalue weighted by atomic mass is 10.0. The van der Waals surface area contributed by atoms with Crippen molar-refractivity contribution < 1.29 is 9.53 Å². The van der Waals surface area contributed by atoms with E-state index in [9.17, 15) is 4.79 Å². The first-order valence-corrected chi connectivity index (χ1v) is 10.1. The maximum absolute atomic E-state index is 12.2. The van der Waals surface area contributed by atoms with Gasteiger partial charge in [0.2, 0.25) is 0 Å². The summed E-state index contributed by atoms with van der Waals surface area (Å²) in [5.41, 5.74) is 8.58. The minimum atomic E-state index is -0.275.